The third-order valence-electron chi connectivity index (χ3n) is 3.75. The lowest BCUT2D eigenvalue weighted by Crippen LogP contribution is -2.40. The summed E-state index contributed by atoms with van der Waals surface area (Å²) in [6.07, 6.45) is -2.83. The molecule has 0 N–H and O–H groups in total. The Morgan fingerprint density at radius 1 is 0.889 bits per heavy atom. The number of alkyl halides is 2. The Labute approximate surface area is 157 Å². The lowest BCUT2D eigenvalue weighted by atomic mass is 10.0. The lowest BCUT2D eigenvalue weighted by molar-refractivity contribution is -0.163. The van der Waals surface area contributed by atoms with Crippen molar-refractivity contribution in [2.24, 2.45) is 0 Å². The van der Waals surface area contributed by atoms with Crippen molar-refractivity contribution in [3.05, 3.63) is 65.2 Å². The van der Waals surface area contributed by atoms with Crippen molar-refractivity contribution < 1.29 is 27.8 Å². The number of rotatable bonds is 7. The van der Waals surface area contributed by atoms with Gasteiger partial charge in [-0.05, 0) is 52.0 Å². The molecular formula is C21H22F2O4. The standard InChI is InChI=1S/C21H22F2O4/c1-13(2)26-20(25)21(3,4)27-17-11-9-15(10-12-17)18(24)14-5-7-16(8-6-14)19(22)23/h5-13,19H,1-4H3. The van der Waals surface area contributed by atoms with Gasteiger partial charge in [-0.1, -0.05) is 24.3 Å². The van der Waals surface area contributed by atoms with Crippen molar-refractivity contribution in [2.45, 2.75) is 45.8 Å². The molecule has 144 valence electrons. The summed E-state index contributed by atoms with van der Waals surface area (Å²) < 4.78 is 36.0. The molecule has 0 unspecified atom stereocenters. The van der Waals surface area contributed by atoms with E-state index in [-0.39, 0.29) is 17.5 Å². The third-order valence-corrected chi connectivity index (χ3v) is 3.75. The minimum atomic E-state index is -2.57. The van der Waals surface area contributed by atoms with Crippen LogP contribution in [0, 0.1) is 0 Å². The van der Waals surface area contributed by atoms with Crippen molar-refractivity contribution >= 4 is 11.8 Å². The largest absolute Gasteiger partial charge is 0.476 e. The van der Waals surface area contributed by atoms with Crippen LogP contribution in [-0.4, -0.2) is 23.5 Å². The molecule has 0 aliphatic rings. The number of ether oxygens (including phenoxy) is 2. The second kappa shape index (κ2) is 8.29. The average molecular weight is 376 g/mol. The van der Waals surface area contributed by atoms with Crippen LogP contribution in [0.5, 0.6) is 5.75 Å². The van der Waals surface area contributed by atoms with Gasteiger partial charge in [-0.2, -0.15) is 0 Å². The maximum Gasteiger partial charge on any atom is 0.350 e. The molecule has 2 aromatic rings. The zero-order valence-corrected chi connectivity index (χ0v) is 15.7. The molecule has 4 nitrogen and oxygen atoms in total. The van der Waals surface area contributed by atoms with Gasteiger partial charge in [0.2, 0.25) is 0 Å². The zero-order chi connectivity index (χ0) is 20.2. The van der Waals surface area contributed by atoms with Crippen LogP contribution in [0.1, 0.15) is 55.6 Å². The highest BCUT2D eigenvalue weighted by Gasteiger charge is 2.32. The fraction of sp³-hybridized carbons (Fsp3) is 0.333. The second-order valence-electron chi connectivity index (χ2n) is 6.84. The maximum absolute atomic E-state index is 12.6. The van der Waals surface area contributed by atoms with Crippen molar-refractivity contribution in [3.8, 4) is 5.75 Å². The van der Waals surface area contributed by atoms with Gasteiger partial charge in [-0.15, -0.1) is 0 Å². The molecule has 2 aromatic carbocycles. The predicted molar refractivity (Wildman–Crippen MR) is 97.2 cm³/mol. The molecule has 0 bridgehead atoms. The monoisotopic (exact) mass is 376 g/mol. The smallest absolute Gasteiger partial charge is 0.350 e. The van der Waals surface area contributed by atoms with Gasteiger partial charge in [0.1, 0.15) is 5.75 Å². The van der Waals surface area contributed by atoms with E-state index in [1.54, 1.807) is 52.0 Å². The molecule has 0 heterocycles. The number of hydrogen-bond acceptors (Lipinski definition) is 4. The summed E-state index contributed by atoms with van der Waals surface area (Å²) in [5.74, 6) is -0.372. The SMILES string of the molecule is CC(C)OC(=O)C(C)(C)Oc1ccc(C(=O)c2ccc(C(F)F)cc2)cc1. The van der Waals surface area contributed by atoms with Crippen LogP contribution in [-0.2, 0) is 9.53 Å². The number of carbonyl (C=O) groups excluding carboxylic acids is 2. The van der Waals surface area contributed by atoms with Crippen LogP contribution in [0.15, 0.2) is 48.5 Å². The summed E-state index contributed by atoms with van der Waals surface area (Å²) in [6, 6.07) is 11.5. The Bertz CT molecular complexity index is 794. The highest BCUT2D eigenvalue weighted by Crippen LogP contribution is 2.23. The van der Waals surface area contributed by atoms with Gasteiger partial charge in [0, 0.05) is 16.7 Å². The van der Waals surface area contributed by atoms with Crippen LogP contribution in [0.2, 0.25) is 0 Å². The number of benzene rings is 2. The quantitative estimate of drug-likeness (QED) is 0.506. The van der Waals surface area contributed by atoms with E-state index in [1.165, 1.54) is 24.3 Å². The third kappa shape index (κ3) is 5.36. The number of halogens is 2. The van der Waals surface area contributed by atoms with Gasteiger partial charge in [0.25, 0.3) is 6.43 Å². The molecular weight excluding hydrogens is 354 g/mol. The maximum atomic E-state index is 12.6. The van der Waals surface area contributed by atoms with E-state index >= 15 is 0 Å². The fourth-order valence-electron chi connectivity index (χ4n) is 2.31. The van der Waals surface area contributed by atoms with Gasteiger partial charge in [-0.25, -0.2) is 13.6 Å². The van der Waals surface area contributed by atoms with E-state index < -0.39 is 18.0 Å². The first-order valence-corrected chi connectivity index (χ1v) is 8.53. The molecule has 0 aliphatic heterocycles. The number of esters is 1. The highest BCUT2D eigenvalue weighted by atomic mass is 19.3. The minimum absolute atomic E-state index is 0.134. The molecule has 0 atom stereocenters. The van der Waals surface area contributed by atoms with Gasteiger partial charge in [0.15, 0.2) is 11.4 Å². The molecule has 0 fully saturated rings. The van der Waals surface area contributed by atoms with Gasteiger partial charge in [0.05, 0.1) is 6.10 Å². The van der Waals surface area contributed by atoms with Gasteiger partial charge < -0.3 is 9.47 Å². The molecule has 27 heavy (non-hydrogen) atoms. The zero-order valence-electron chi connectivity index (χ0n) is 15.7. The first-order valence-electron chi connectivity index (χ1n) is 8.53. The second-order valence-corrected chi connectivity index (χ2v) is 6.84. The first kappa shape index (κ1) is 20.6. The summed E-state index contributed by atoms with van der Waals surface area (Å²) in [4.78, 5) is 24.5. The van der Waals surface area contributed by atoms with E-state index in [0.717, 1.165) is 0 Å². The number of ketones is 1. The van der Waals surface area contributed by atoms with Crippen molar-refractivity contribution in [1.82, 2.24) is 0 Å². The van der Waals surface area contributed by atoms with Gasteiger partial charge in [-0.3, -0.25) is 4.79 Å². The molecule has 0 spiro atoms. The van der Waals surface area contributed by atoms with E-state index in [9.17, 15) is 18.4 Å². The molecule has 0 aliphatic carbocycles. The summed E-state index contributed by atoms with van der Waals surface area (Å²) in [6.45, 7) is 6.70. The summed E-state index contributed by atoms with van der Waals surface area (Å²) in [5, 5.41) is 0. The Kier molecular flexibility index (Phi) is 6.31. The average Bonchev–Trinajstić information content (AvgIpc) is 2.61. The van der Waals surface area contributed by atoms with Crippen molar-refractivity contribution in [1.29, 1.82) is 0 Å². The normalized spacial score (nSPS) is 11.6. The molecule has 0 amide bonds. The topological polar surface area (TPSA) is 52.6 Å². The van der Waals surface area contributed by atoms with Crippen LogP contribution in [0.25, 0.3) is 0 Å². The van der Waals surface area contributed by atoms with Gasteiger partial charge >= 0.3 is 5.97 Å². The Morgan fingerprint density at radius 3 is 1.81 bits per heavy atom. The van der Waals surface area contributed by atoms with Crippen LogP contribution >= 0.6 is 0 Å². The van der Waals surface area contributed by atoms with E-state index in [0.29, 0.717) is 16.9 Å². The van der Waals surface area contributed by atoms with Crippen LogP contribution in [0.3, 0.4) is 0 Å². The molecule has 0 radical (unpaired) electrons. The highest BCUT2D eigenvalue weighted by molar-refractivity contribution is 6.09. The Balaban J connectivity index is 2.10. The molecule has 0 aromatic heterocycles. The van der Waals surface area contributed by atoms with E-state index in [2.05, 4.69) is 0 Å². The van der Waals surface area contributed by atoms with Crippen LogP contribution < -0.4 is 4.74 Å². The molecule has 6 heteroatoms. The summed E-state index contributed by atoms with van der Waals surface area (Å²) >= 11 is 0. The Hall–Kier alpha value is -2.76. The summed E-state index contributed by atoms with van der Waals surface area (Å²) in [5.41, 5.74) is -0.615. The fourth-order valence-corrected chi connectivity index (χ4v) is 2.31. The van der Waals surface area contributed by atoms with Crippen molar-refractivity contribution in [2.75, 3.05) is 0 Å². The summed E-state index contributed by atoms with van der Waals surface area (Å²) in [7, 11) is 0. The first-order chi connectivity index (χ1) is 12.6. The lowest BCUT2D eigenvalue weighted by Gasteiger charge is -2.25. The predicted octanol–water partition coefficient (Wildman–Crippen LogP) is 4.96. The van der Waals surface area contributed by atoms with Crippen molar-refractivity contribution in [3.63, 3.8) is 0 Å². The van der Waals surface area contributed by atoms with E-state index in [4.69, 9.17) is 9.47 Å². The Morgan fingerprint density at radius 2 is 1.37 bits per heavy atom. The molecule has 0 saturated carbocycles. The molecule has 2 rings (SSSR count). The number of carbonyl (C=O) groups is 2. The molecule has 0 saturated heterocycles. The number of hydrogen-bond donors (Lipinski definition) is 0. The minimum Gasteiger partial charge on any atom is -0.476 e. The van der Waals surface area contributed by atoms with E-state index in [1.807, 2.05) is 0 Å². The van der Waals surface area contributed by atoms with Crippen LogP contribution in [0.4, 0.5) is 8.78 Å².